The summed E-state index contributed by atoms with van der Waals surface area (Å²) in [5, 5.41) is 21.7. The first-order chi connectivity index (χ1) is 9.09. The van der Waals surface area contributed by atoms with E-state index < -0.39 is 5.41 Å². The Morgan fingerprint density at radius 1 is 1.32 bits per heavy atom. The monoisotopic (exact) mass is 260 g/mol. The Morgan fingerprint density at radius 3 is 2.37 bits per heavy atom. The predicted octanol–water partition coefficient (Wildman–Crippen LogP) is 3.44. The van der Waals surface area contributed by atoms with Gasteiger partial charge in [-0.2, -0.15) is 5.26 Å². The summed E-state index contributed by atoms with van der Waals surface area (Å²) in [7, 11) is 0. The van der Waals surface area contributed by atoms with E-state index in [1.54, 1.807) is 18.2 Å². The van der Waals surface area contributed by atoms with Crippen LogP contribution in [0.4, 0.5) is 5.69 Å². The summed E-state index contributed by atoms with van der Waals surface area (Å²) in [6.45, 7) is 3.91. The zero-order valence-electron chi connectivity index (χ0n) is 11.4. The molecule has 1 aromatic rings. The van der Waals surface area contributed by atoms with Crippen molar-refractivity contribution < 1.29 is 9.90 Å². The van der Waals surface area contributed by atoms with Crippen molar-refractivity contribution in [3.63, 3.8) is 0 Å². The van der Waals surface area contributed by atoms with Crippen LogP contribution in [0.1, 0.15) is 39.5 Å². The lowest BCUT2D eigenvalue weighted by Crippen LogP contribution is -2.35. The highest BCUT2D eigenvalue weighted by Crippen LogP contribution is 2.32. The lowest BCUT2D eigenvalue weighted by molar-refractivity contribution is -0.123. The van der Waals surface area contributed by atoms with Gasteiger partial charge >= 0.3 is 0 Å². The summed E-state index contributed by atoms with van der Waals surface area (Å²) >= 11 is 0. The zero-order chi connectivity index (χ0) is 14.3. The fourth-order valence-corrected chi connectivity index (χ4v) is 2.19. The van der Waals surface area contributed by atoms with Gasteiger partial charge in [0.05, 0.1) is 11.8 Å². The number of rotatable bonds is 6. The Balaban J connectivity index is 2.95. The van der Waals surface area contributed by atoms with Crippen LogP contribution >= 0.6 is 0 Å². The van der Waals surface area contributed by atoms with E-state index in [0.29, 0.717) is 18.5 Å². The van der Waals surface area contributed by atoms with E-state index >= 15 is 0 Å². The molecule has 0 unspecified atom stereocenters. The van der Waals surface area contributed by atoms with Crippen molar-refractivity contribution in [1.82, 2.24) is 0 Å². The summed E-state index contributed by atoms with van der Waals surface area (Å²) in [6.07, 6.45) is 2.58. The number of amides is 1. The number of nitriles is 1. The number of anilines is 1. The van der Waals surface area contributed by atoms with Crippen LogP contribution in [0.5, 0.6) is 5.75 Å². The minimum Gasteiger partial charge on any atom is -0.506 e. The van der Waals surface area contributed by atoms with Gasteiger partial charge in [-0.3, -0.25) is 4.79 Å². The first kappa shape index (κ1) is 15.0. The fourth-order valence-electron chi connectivity index (χ4n) is 2.19. The highest BCUT2D eigenvalue weighted by molar-refractivity contribution is 5.98. The summed E-state index contributed by atoms with van der Waals surface area (Å²) in [6, 6.07) is 8.69. The third-order valence-corrected chi connectivity index (χ3v) is 3.15. The first-order valence-corrected chi connectivity index (χ1v) is 6.60. The molecule has 0 aromatic heterocycles. The number of hydrogen-bond acceptors (Lipinski definition) is 3. The minimum atomic E-state index is -1.01. The third-order valence-electron chi connectivity index (χ3n) is 3.15. The lowest BCUT2D eigenvalue weighted by Gasteiger charge is -2.24. The van der Waals surface area contributed by atoms with Gasteiger partial charge in [0.2, 0.25) is 5.91 Å². The van der Waals surface area contributed by atoms with Gasteiger partial charge in [-0.1, -0.05) is 38.8 Å². The van der Waals surface area contributed by atoms with Crippen molar-refractivity contribution in [2.45, 2.75) is 39.5 Å². The van der Waals surface area contributed by atoms with Gasteiger partial charge in [0.15, 0.2) is 0 Å². The van der Waals surface area contributed by atoms with E-state index in [1.807, 2.05) is 13.8 Å². The molecule has 0 aliphatic carbocycles. The molecular weight excluding hydrogens is 240 g/mol. The van der Waals surface area contributed by atoms with Gasteiger partial charge in [0.25, 0.3) is 0 Å². The zero-order valence-corrected chi connectivity index (χ0v) is 11.4. The van der Waals surface area contributed by atoms with Crippen molar-refractivity contribution >= 4 is 11.6 Å². The van der Waals surface area contributed by atoms with Gasteiger partial charge < -0.3 is 10.4 Å². The number of nitrogens with zero attached hydrogens (tertiary/aromatic N) is 1. The van der Waals surface area contributed by atoms with E-state index in [4.69, 9.17) is 0 Å². The van der Waals surface area contributed by atoms with Gasteiger partial charge in [0.1, 0.15) is 11.2 Å². The maximum absolute atomic E-state index is 12.4. The highest BCUT2D eigenvalue weighted by Gasteiger charge is 2.37. The second kappa shape index (κ2) is 6.79. The Hall–Kier alpha value is -2.02. The lowest BCUT2D eigenvalue weighted by atomic mass is 9.79. The summed E-state index contributed by atoms with van der Waals surface area (Å²) in [5.41, 5.74) is -0.662. The molecule has 0 atom stereocenters. The second-order valence-corrected chi connectivity index (χ2v) is 4.67. The predicted molar refractivity (Wildman–Crippen MR) is 74.6 cm³/mol. The van der Waals surface area contributed by atoms with E-state index in [9.17, 15) is 15.2 Å². The SMILES string of the molecule is CCCC(C#N)(CCC)C(=O)Nc1ccccc1O. The molecule has 19 heavy (non-hydrogen) atoms. The maximum atomic E-state index is 12.4. The van der Waals surface area contributed by atoms with Crippen molar-refractivity contribution in [3.05, 3.63) is 24.3 Å². The van der Waals surface area contributed by atoms with Crippen molar-refractivity contribution in [3.8, 4) is 11.8 Å². The summed E-state index contributed by atoms with van der Waals surface area (Å²) < 4.78 is 0. The number of nitrogens with one attached hydrogen (secondary N) is 1. The fraction of sp³-hybridized carbons (Fsp3) is 0.467. The number of carbonyl (C=O) groups is 1. The molecule has 0 radical (unpaired) electrons. The van der Waals surface area contributed by atoms with Gasteiger partial charge in [-0.25, -0.2) is 0 Å². The Morgan fingerprint density at radius 2 is 1.89 bits per heavy atom. The molecule has 2 N–H and O–H groups in total. The summed E-state index contributed by atoms with van der Waals surface area (Å²) in [4.78, 5) is 12.4. The molecule has 102 valence electrons. The summed E-state index contributed by atoms with van der Waals surface area (Å²) in [5.74, 6) is -0.323. The smallest absolute Gasteiger partial charge is 0.244 e. The van der Waals surface area contributed by atoms with Gasteiger partial charge in [-0.15, -0.1) is 0 Å². The number of phenolic OH excluding ortho intramolecular Hbond substituents is 1. The Kier molecular flexibility index (Phi) is 5.37. The number of para-hydroxylation sites is 2. The topological polar surface area (TPSA) is 73.1 Å². The van der Waals surface area contributed by atoms with E-state index in [1.165, 1.54) is 6.07 Å². The number of carbonyl (C=O) groups excluding carboxylic acids is 1. The number of benzene rings is 1. The highest BCUT2D eigenvalue weighted by atomic mass is 16.3. The maximum Gasteiger partial charge on any atom is 0.244 e. The van der Waals surface area contributed by atoms with Crippen LogP contribution in [-0.2, 0) is 4.79 Å². The molecule has 0 saturated carbocycles. The normalized spacial score (nSPS) is 10.8. The molecule has 0 heterocycles. The van der Waals surface area contributed by atoms with E-state index in [-0.39, 0.29) is 11.7 Å². The molecule has 4 heteroatoms. The molecule has 1 aromatic carbocycles. The molecule has 0 aliphatic rings. The molecule has 4 nitrogen and oxygen atoms in total. The number of aromatic hydroxyl groups is 1. The molecule has 1 amide bonds. The Bertz CT molecular complexity index is 471. The second-order valence-electron chi connectivity index (χ2n) is 4.67. The quantitative estimate of drug-likeness (QED) is 0.769. The largest absolute Gasteiger partial charge is 0.506 e. The first-order valence-electron chi connectivity index (χ1n) is 6.60. The van der Waals surface area contributed by atoms with E-state index in [2.05, 4.69) is 11.4 Å². The molecule has 0 spiro atoms. The average molecular weight is 260 g/mol. The molecule has 1 rings (SSSR count). The van der Waals surface area contributed by atoms with Crippen LogP contribution in [0, 0.1) is 16.7 Å². The van der Waals surface area contributed by atoms with Crippen LogP contribution in [0.25, 0.3) is 0 Å². The van der Waals surface area contributed by atoms with Crippen LogP contribution in [0.2, 0.25) is 0 Å². The average Bonchev–Trinajstić information content (AvgIpc) is 2.41. The van der Waals surface area contributed by atoms with Crippen LogP contribution in [0.15, 0.2) is 24.3 Å². The molecular formula is C15H20N2O2. The van der Waals surface area contributed by atoms with Crippen LogP contribution < -0.4 is 5.32 Å². The van der Waals surface area contributed by atoms with Crippen molar-refractivity contribution in [2.75, 3.05) is 5.32 Å². The number of phenols is 1. The van der Waals surface area contributed by atoms with Crippen molar-refractivity contribution in [1.29, 1.82) is 5.26 Å². The molecule has 0 fully saturated rings. The van der Waals surface area contributed by atoms with Crippen LogP contribution in [-0.4, -0.2) is 11.0 Å². The number of hydrogen-bond donors (Lipinski definition) is 2. The molecule has 0 bridgehead atoms. The Labute approximate surface area is 114 Å². The molecule has 0 aliphatic heterocycles. The van der Waals surface area contributed by atoms with Crippen LogP contribution in [0.3, 0.4) is 0 Å². The third kappa shape index (κ3) is 3.47. The standard InChI is InChI=1S/C15H20N2O2/c1-3-9-15(11-16,10-4-2)14(19)17-12-7-5-6-8-13(12)18/h5-8,18H,3-4,9-10H2,1-2H3,(H,17,19). The van der Waals surface area contributed by atoms with E-state index in [0.717, 1.165) is 12.8 Å². The van der Waals surface area contributed by atoms with Crippen molar-refractivity contribution in [2.24, 2.45) is 5.41 Å². The molecule has 0 saturated heterocycles. The van der Waals surface area contributed by atoms with Gasteiger partial charge in [0, 0.05) is 0 Å². The minimum absolute atomic E-state index is 0.00990. The van der Waals surface area contributed by atoms with Gasteiger partial charge in [-0.05, 0) is 25.0 Å².